The molecule has 3 rings (SSSR count). The van der Waals surface area contributed by atoms with Gasteiger partial charge in [-0.1, -0.05) is 30.3 Å². The number of aryl methyl sites for hydroxylation is 3. The number of carbonyl (C=O) groups is 2. The summed E-state index contributed by atoms with van der Waals surface area (Å²) in [7, 11) is 0. The molecule has 1 N–H and O–H groups in total. The van der Waals surface area contributed by atoms with Crippen molar-refractivity contribution in [1.29, 1.82) is 0 Å². The topological polar surface area (TPSA) is 88.8 Å². The first-order valence-corrected chi connectivity index (χ1v) is 9.92. The summed E-state index contributed by atoms with van der Waals surface area (Å²) in [5.41, 5.74) is 1.21. The molecule has 29 heavy (non-hydrogen) atoms. The fraction of sp³-hybridized carbons (Fsp3) is 0.409. The average molecular weight is 398 g/mol. The van der Waals surface area contributed by atoms with Gasteiger partial charge in [0, 0.05) is 26.1 Å². The number of rotatable bonds is 8. The molecule has 2 heterocycles. The van der Waals surface area contributed by atoms with Gasteiger partial charge in [-0.3, -0.25) is 4.79 Å². The maximum atomic E-state index is 12.4. The van der Waals surface area contributed by atoms with E-state index in [0.717, 1.165) is 19.3 Å². The van der Waals surface area contributed by atoms with Crippen LogP contribution < -0.4 is 10.9 Å². The van der Waals surface area contributed by atoms with Crippen LogP contribution in [0.3, 0.4) is 0 Å². The summed E-state index contributed by atoms with van der Waals surface area (Å²) < 4.78 is 10.3. The lowest BCUT2D eigenvalue weighted by Crippen LogP contribution is -2.43. The summed E-state index contributed by atoms with van der Waals surface area (Å²) in [6.45, 7) is 3.35. The Labute approximate surface area is 169 Å². The molecule has 2 aromatic rings. The van der Waals surface area contributed by atoms with Crippen molar-refractivity contribution in [3.63, 3.8) is 0 Å². The highest BCUT2D eigenvalue weighted by Crippen LogP contribution is 2.11. The van der Waals surface area contributed by atoms with E-state index in [9.17, 15) is 14.4 Å². The van der Waals surface area contributed by atoms with Crippen molar-refractivity contribution in [3.05, 3.63) is 69.3 Å². The SMILES string of the molecule is Cc1cc(CCCc2ccccc2)oc(=O)c1C(=O)NCCN1CCCOC1=O. The van der Waals surface area contributed by atoms with Crippen molar-refractivity contribution in [2.75, 3.05) is 26.2 Å². The van der Waals surface area contributed by atoms with Gasteiger partial charge in [0.1, 0.15) is 11.3 Å². The largest absolute Gasteiger partial charge is 0.449 e. The molecule has 1 aliphatic rings. The predicted octanol–water partition coefficient (Wildman–Crippen LogP) is 2.70. The van der Waals surface area contributed by atoms with Crippen LogP contribution in [-0.4, -0.2) is 43.1 Å². The number of benzene rings is 1. The highest BCUT2D eigenvalue weighted by Gasteiger charge is 2.20. The quantitative estimate of drug-likeness (QED) is 0.739. The van der Waals surface area contributed by atoms with Crippen LogP contribution in [0.25, 0.3) is 0 Å². The van der Waals surface area contributed by atoms with Crippen LogP contribution in [-0.2, 0) is 17.6 Å². The molecule has 0 radical (unpaired) electrons. The minimum absolute atomic E-state index is 0.0121. The van der Waals surface area contributed by atoms with Gasteiger partial charge in [0.15, 0.2) is 0 Å². The van der Waals surface area contributed by atoms with Gasteiger partial charge in [0.05, 0.1) is 6.61 Å². The van der Waals surface area contributed by atoms with E-state index in [2.05, 4.69) is 17.4 Å². The molecular formula is C22H26N2O5. The highest BCUT2D eigenvalue weighted by atomic mass is 16.6. The van der Waals surface area contributed by atoms with Crippen LogP contribution in [0.5, 0.6) is 0 Å². The van der Waals surface area contributed by atoms with Gasteiger partial charge < -0.3 is 19.4 Å². The minimum Gasteiger partial charge on any atom is -0.449 e. The van der Waals surface area contributed by atoms with E-state index in [0.29, 0.717) is 37.4 Å². The first-order chi connectivity index (χ1) is 14.0. The minimum atomic E-state index is -0.630. The van der Waals surface area contributed by atoms with E-state index in [1.54, 1.807) is 13.0 Å². The highest BCUT2D eigenvalue weighted by molar-refractivity contribution is 5.95. The molecule has 1 aliphatic heterocycles. The lowest BCUT2D eigenvalue weighted by molar-refractivity contribution is 0.0719. The smallest absolute Gasteiger partial charge is 0.409 e. The molecule has 0 unspecified atom stereocenters. The van der Waals surface area contributed by atoms with Crippen LogP contribution in [0.15, 0.2) is 45.6 Å². The van der Waals surface area contributed by atoms with Gasteiger partial charge in [0.25, 0.3) is 5.91 Å². The van der Waals surface area contributed by atoms with Crippen LogP contribution >= 0.6 is 0 Å². The Morgan fingerprint density at radius 2 is 1.97 bits per heavy atom. The molecule has 0 aliphatic carbocycles. The Bertz CT molecular complexity index is 907. The maximum absolute atomic E-state index is 12.4. The lowest BCUT2D eigenvalue weighted by atomic mass is 10.1. The third-order valence-corrected chi connectivity index (χ3v) is 4.88. The molecular weight excluding hydrogens is 372 g/mol. The molecule has 1 fully saturated rings. The van der Waals surface area contributed by atoms with Gasteiger partial charge in [-0.25, -0.2) is 9.59 Å². The molecule has 0 spiro atoms. The number of hydrogen-bond donors (Lipinski definition) is 1. The second kappa shape index (κ2) is 9.91. The second-order valence-electron chi connectivity index (χ2n) is 7.11. The van der Waals surface area contributed by atoms with E-state index in [1.807, 2.05) is 18.2 Å². The molecule has 7 nitrogen and oxygen atoms in total. The maximum Gasteiger partial charge on any atom is 0.409 e. The number of carbonyl (C=O) groups excluding carboxylic acids is 2. The Morgan fingerprint density at radius 3 is 2.69 bits per heavy atom. The van der Waals surface area contributed by atoms with Crippen LogP contribution in [0, 0.1) is 6.92 Å². The van der Waals surface area contributed by atoms with E-state index in [-0.39, 0.29) is 18.2 Å². The first-order valence-electron chi connectivity index (χ1n) is 9.92. The van der Waals surface area contributed by atoms with Crippen LogP contribution in [0.1, 0.15) is 40.1 Å². The summed E-state index contributed by atoms with van der Waals surface area (Å²) in [4.78, 5) is 37.9. The molecule has 1 aromatic carbocycles. The number of ether oxygens (including phenoxy) is 1. The van der Waals surface area contributed by atoms with Crippen LogP contribution in [0.4, 0.5) is 4.79 Å². The molecule has 2 amide bonds. The molecule has 0 atom stereocenters. The molecule has 0 bridgehead atoms. The number of cyclic esters (lactones) is 1. The fourth-order valence-electron chi connectivity index (χ4n) is 3.37. The van der Waals surface area contributed by atoms with Crippen molar-refractivity contribution in [2.24, 2.45) is 0 Å². The van der Waals surface area contributed by atoms with Gasteiger partial charge >= 0.3 is 11.7 Å². The monoisotopic (exact) mass is 398 g/mol. The van der Waals surface area contributed by atoms with Crippen molar-refractivity contribution in [2.45, 2.75) is 32.6 Å². The van der Waals surface area contributed by atoms with Crippen molar-refractivity contribution < 1.29 is 18.7 Å². The summed E-state index contributed by atoms with van der Waals surface area (Å²) in [6, 6.07) is 11.9. The summed E-state index contributed by atoms with van der Waals surface area (Å²) in [6.07, 6.45) is 2.77. The van der Waals surface area contributed by atoms with Crippen molar-refractivity contribution in [1.82, 2.24) is 10.2 Å². The number of amides is 2. The fourth-order valence-corrected chi connectivity index (χ4v) is 3.37. The third kappa shape index (κ3) is 5.70. The summed E-state index contributed by atoms with van der Waals surface area (Å²) in [5.74, 6) is 0.0912. The molecule has 1 saturated heterocycles. The zero-order valence-electron chi connectivity index (χ0n) is 16.6. The van der Waals surface area contributed by atoms with E-state index < -0.39 is 11.5 Å². The van der Waals surface area contributed by atoms with Gasteiger partial charge in [-0.15, -0.1) is 0 Å². The van der Waals surface area contributed by atoms with E-state index >= 15 is 0 Å². The second-order valence-corrected chi connectivity index (χ2v) is 7.11. The summed E-state index contributed by atoms with van der Waals surface area (Å²) >= 11 is 0. The average Bonchev–Trinajstić information content (AvgIpc) is 2.70. The van der Waals surface area contributed by atoms with E-state index in [1.165, 1.54) is 10.5 Å². The molecule has 154 valence electrons. The van der Waals surface area contributed by atoms with Gasteiger partial charge in [-0.05, 0) is 43.4 Å². The van der Waals surface area contributed by atoms with Gasteiger partial charge in [-0.2, -0.15) is 0 Å². The van der Waals surface area contributed by atoms with Crippen LogP contribution in [0.2, 0.25) is 0 Å². The predicted molar refractivity (Wildman–Crippen MR) is 108 cm³/mol. The lowest BCUT2D eigenvalue weighted by Gasteiger charge is -2.26. The summed E-state index contributed by atoms with van der Waals surface area (Å²) in [5, 5.41) is 2.68. The standard InChI is InChI=1S/C22H26N2O5/c1-16-15-18(10-5-9-17-7-3-2-4-8-17)29-21(26)19(16)20(25)23-11-13-24-12-6-14-28-22(24)27/h2-4,7-8,15H,5-6,9-14H2,1H3,(H,23,25). The molecule has 0 saturated carbocycles. The Morgan fingerprint density at radius 1 is 1.17 bits per heavy atom. The number of nitrogens with zero attached hydrogens (tertiary/aromatic N) is 1. The van der Waals surface area contributed by atoms with Gasteiger partial charge in [0.2, 0.25) is 0 Å². The Hall–Kier alpha value is -3.09. The molecule has 7 heteroatoms. The number of nitrogens with one attached hydrogen (secondary N) is 1. The van der Waals surface area contributed by atoms with E-state index in [4.69, 9.17) is 9.15 Å². The first kappa shape index (κ1) is 20.6. The Balaban J connectivity index is 1.53. The zero-order chi connectivity index (χ0) is 20.6. The normalized spacial score (nSPS) is 13.8. The molecule has 1 aromatic heterocycles. The van der Waals surface area contributed by atoms with Crippen molar-refractivity contribution >= 4 is 12.0 Å². The number of hydrogen-bond acceptors (Lipinski definition) is 5. The van der Waals surface area contributed by atoms with Crippen molar-refractivity contribution in [3.8, 4) is 0 Å². The third-order valence-electron chi connectivity index (χ3n) is 4.88. The Kier molecular flexibility index (Phi) is 7.05. The zero-order valence-corrected chi connectivity index (χ0v) is 16.6.